The maximum atomic E-state index is 11.6. The van der Waals surface area contributed by atoms with Gasteiger partial charge in [-0.2, -0.15) is 0 Å². The first-order chi connectivity index (χ1) is 6.14. The Kier molecular flexibility index (Phi) is 3.27. The van der Waals surface area contributed by atoms with Gasteiger partial charge in [-0.15, -0.1) is 0 Å². The minimum absolute atomic E-state index is 0.00259. The Hall–Kier alpha value is -0.610. The molecule has 1 rings (SSSR count). The summed E-state index contributed by atoms with van der Waals surface area (Å²) in [5.41, 5.74) is 5.23. The molecule has 4 heteroatoms. The number of carbonyl (C=O) groups is 1. The number of hydrogen-bond acceptors (Lipinski definition) is 3. The lowest BCUT2D eigenvalue weighted by Crippen LogP contribution is -2.52. The summed E-state index contributed by atoms with van der Waals surface area (Å²) in [5, 5.41) is 11.5. The predicted molar refractivity (Wildman–Crippen MR) is 50.0 cm³/mol. The van der Waals surface area contributed by atoms with Crippen molar-refractivity contribution in [3.63, 3.8) is 0 Å². The van der Waals surface area contributed by atoms with Gasteiger partial charge in [0.15, 0.2) is 0 Å². The van der Waals surface area contributed by atoms with Crippen molar-refractivity contribution in [2.45, 2.75) is 32.2 Å². The Labute approximate surface area is 78.5 Å². The number of nitrogens with one attached hydrogen (secondary N) is 1. The van der Waals surface area contributed by atoms with Crippen LogP contribution in [0.15, 0.2) is 0 Å². The molecule has 0 bridgehead atoms. The fourth-order valence-corrected chi connectivity index (χ4v) is 1.55. The molecule has 1 atom stereocenters. The summed E-state index contributed by atoms with van der Waals surface area (Å²) in [5.74, 6) is 0.00259. The Balaban J connectivity index is 2.46. The van der Waals surface area contributed by atoms with Gasteiger partial charge in [0.2, 0.25) is 5.91 Å². The quantitative estimate of drug-likeness (QED) is 0.560. The van der Waals surface area contributed by atoms with Gasteiger partial charge in [-0.05, 0) is 19.8 Å². The topological polar surface area (TPSA) is 75.3 Å². The van der Waals surface area contributed by atoms with E-state index in [0.29, 0.717) is 6.54 Å². The number of aliphatic hydroxyl groups is 1. The van der Waals surface area contributed by atoms with Crippen molar-refractivity contribution in [3.8, 4) is 0 Å². The third-order valence-corrected chi connectivity index (χ3v) is 2.83. The molecule has 76 valence electrons. The van der Waals surface area contributed by atoms with Crippen molar-refractivity contribution < 1.29 is 9.90 Å². The van der Waals surface area contributed by atoms with Gasteiger partial charge in [0, 0.05) is 12.6 Å². The average Bonchev–Trinajstić information content (AvgIpc) is 2.03. The summed E-state index contributed by atoms with van der Waals surface area (Å²) in [7, 11) is 0. The lowest BCUT2D eigenvalue weighted by atomic mass is 9.68. The molecule has 13 heavy (non-hydrogen) atoms. The summed E-state index contributed by atoms with van der Waals surface area (Å²) in [6, 6.07) is -0.170. The number of rotatable bonds is 4. The normalized spacial score (nSPS) is 21.8. The van der Waals surface area contributed by atoms with Gasteiger partial charge in [0.25, 0.3) is 0 Å². The van der Waals surface area contributed by atoms with Crippen LogP contribution >= 0.6 is 0 Å². The van der Waals surface area contributed by atoms with Crippen molar-refractivity contribution in [2.24, 2.45) is 11.1 Å². The third-order valence-electron chi connectivity index (χ3n) is 2.83. The SMILES string of the molecule is CC(CO)NC(=O)C1(CN)CCC1. The Bertz CT molecular complexity index is 185. The van der Waals surface area contributed by atoms with Crippen molar-refractivity contribution >= 4 is 5.91 Å². The summed E-state index contributed by atoms with van der Waals surface area (Å²) in [6.45, 7) is 2.17. The maximum Gasteiger partial charge on any atom is 0.227 e. The molecule has 4 N–H and O–H groups in total. The largest absolute Gasteiger partial charge is 0.394 e. The molecule has 0 spiro atoms. The highest BCUT2D eigenvalue weighted by atomic mass is 16.3. The van der Waals surface area contributed by atoms with E-state index in [4.69, 9.17) is 10.8 Å². The lowest BCUT2D eigenvalue weighted by molar-refractivity contribution is -0.136. The second-order valence-corrected chi connectivity index (χ2v) is 3.90. The molecule has 1 amide bonds. The van der Waals surface area contributed by atoms with Gasteiger partial charge in [-0.25, -0.2) is 0 Å². The first-order valence-corrected chi connectivity index (χ1v) is 4.76. The molecule has 1 saturated carbocycles. The fraction of sp³-hybridized carbons (Fsp3) is 0.889. The molecule has 0 aromatic rings. The molecule has 0 aromatic carbocycles. The minimum atomic E-state index is -0.330. The van der Waals surface area contributed by atoms with E-state index >= 15 is 0 Å². The molecular formula is C9H18N2O2. The molecule has 0 heterocycles. The Morgan fingerprint density at radius 2 is 2.31 bits per heavy atom. The molecule has 0 aliphatic heterocycles. The number of nitrogens with two attached hydrogens (primary N) is 1. The molecule has 1 aliphatic rings. The van der Waals surface area contributed by atoms with Crippen LogP contribution in [0.2, 0.25) is 0 Å². The second-order valence-electron chi connectivity index (χ2n) is 3.90. The van der Waals surface area contributed by atoms with Crippen molar-refractivity contribution in [1.29, 1.82) is 0 Å². The Morgan fingerprint density at radius 1 is 1.69 bits per heavy atom. The number of carbonyl (C=O) groups excluding carboxylic acids is 1. The van der Waals surface area contributed by atoms with Crippen LogP contribution in [0.25, 0.3) is 0 Å². The fourth-order valence-electron chi connectivity index (χ4n) is 1.55. The van der Waals surface area contributed by atoms with Crippen LogP contribution in [0, 0.1) is 5.41 Å². The summed E-state index contributed by atoms with van der Waals surface area (Å²) < 4.78 is 0. The zero-order valence-corrected chi connectivity index (χ0v) is 8.05. The Morgan fingerprint density at radius 3 is 2.62 bits per heavy atom. The molecule has 0 aromatic heterocycles. The van der Waals surface area contributed by atoms with Gasteiger partial charge in [-0.1, -0.05) is 6.42 Å². The van der Waals surface area contributed by atoms with E-state index in [-0.39, 0.29) is 24.0 Å². The van der Waals surface area contributed by atoms with E-state index in [0.717, 1.165) is 19.3 Å². The standard InChI is InChI=1S/C9H18N2O2/c1-7(5-12)11-8(13)9(6-10)3-2-4-9/h7,12H,2-6,10H2,1H3,(H,11,13). The highest BCUT2D eigenvalue weighted by Crippen LogP contribution is 2.39. The monoisotopic (exact) mass is 186 g/mol. The molecule has 0 radical (unpaired) electrons. The van der Waals surface area contributed by atoms with Crippen LogP contribution < -0.4 is 11.1 Å². The summed E-state index contributed by atoms with van der Waals surface area (Å²) in [4.78, 5) is 11.6. The average molecular weight is 186 g/mol. The van der Waals surface area contributed by atoms with E-state index < -0.39 is 0 Å². The minimum Gasteiger partial charge on any atom is -0.394 e. The highest BCUT2D eigenvalue weighted by Gasteiger charge is 2.42. The van der Waals surface area contributed by atoms with Crippen LogP contribution in [-0.2, 0) is 4.79 Å². The molecular weight excluding hydrogens is 168 g/mol. The van der Waals surface area contributed by atoms with Crippen LogP contribution in [0.3, 0.4) is 0 Å². The third kappa shape index (κ3) is 2.00. The molecule has 4 nitrogen and oxygen atoms in total. The smallest absolute Gasteiger partial charge is 0.227 e. The van der Waals surface area contributed by atoms with Gasteiger partial charge in [-0.3, -0.25) is 4.79 Å². The lowest BCUT2D eigenvalue weighted by Gasteiger charge is -2.39. The van der Waals surface area contributed by atoms with E-state index in [1.807, 2.05) is 0 Å². The zero-order valence-electron chi connectivity index (χ0n) is 8.05. The summed E-state index contributed by atoms with van der Waals surface area (Å²) in [6.07, 6.45) is 2.85. The number of hydrogen-bond donors (Lipinski definition) is 3. The predicted octanol–water partition coefficient (Wildman–Crippen LogP) is -0.388. The summed E-state index contributed by atoms with van der Waals surface area (Å²) >= 11 is 0. The molecule has 1 aliphatic carbocycles. The van der Waals surface area contributed by atoms with E-state index in [9.17, 15) is 4.79 Å². The van der Waals surface area contributed by atoms with Crippen molar-refractivity contribution in [1.82, 2.24) is 5.32 Å². The van der Waals surface area contributed by atoms with Crippen LogP contribution in [-0.4, -0.2) is 30.2 Å². The van der Waals surface area contributed by atoms with E-state index in [1.54, 1.807) is 6.92 Å². The highest BCUT2D eigenvalue weighted by molar-refractivity contribution is 5.84. The van der Waals surface area contributed by atoms with Gasteiger partial charge in [0.05, 0.1) is 12.0 Å². The first kappa shape index (κ1) is 10.5. The molecule has 0 saturated heterocycles. The van der Waals surface area contributed by atoms with Crippen LogP contribution in [0.1, 0.15) is 26.2 Å². The molecule has 1 unspecified atom stereocenters. The first-order valence-electron chi connectivity index (χ1n) is 4.76. The van der Waals surface area contributed by atoms with Crippen LogP contribution in [0.4, 0.5) is 0 Å². The second kappa shape index (κ2) is 4.07. The zero-order chi connectivity index (χ0) is 9.90. The van der Waals surface area contributed by atoms with Crippen molar-refractivity contribution in [2.75, 3.05) is 13.2 Å². The van der Waals surface area contributed by atoms with Gasteiger partial charge in [0.1, 0.15) is 0 Å². The maximum absolute atomic E-state index is 11.6. The van der Waals surface area contributed by atoms with Crippen LogP contribution in [0.5, 0.6) is 0 Å². The van der Waals surface area contributed by atoms with E-state index in [1.165, 1.54) is 0 Å². The number of amides is 1. The van der Waals surface area contributed by atoms with E-state index in [2.05, 4.69) is 5.32 Å². The molecule has 1 fully saturated rings. The van der Waals surface area contributed by atoms with Gasteiger partial charge >= 0.3 is 0 Å². The van der Waals surface area contributed by atoms with Crippen molar-refractivity contribution in [3.05, 3.63) is 0 Å². The van der Waals surface area contributed by atoms with Gasteiger partial charge < -0.3 is 16.2 Å². The number of aliphatic hydroxyl groups excluding tert-OH is 1.